The highest BCUT2D eigenvalue weighted by Crippen LogP contribution is 2.31. The Morgan fingerprint density at radius 3 is 2.52 bits per heavy atom. The Bertz CT molecular complexity index is 594. The van der Waals surface area contributed by atoms with Crippen molar-refractivity contribution in [2.24, 2.45) is 0 Å². The molecule has 0 bridgehead atoms. The summed E-state index contributed by atoms with van der Waals surface area (Å²) < 4.78 is 0. The van der Waals surface area contributed by atoms with Crippen molar-refractivity contribution in [3.8, 4) is 0 Å². The van der Waals surface area contributed by atoms with E-state index in [-0.39, 0.29) is 5.41 Å². The summed E-state index contributed by atoms with van der Waals surface area (Å²) in [5.41, 5.74) is 4.07. The van der Waals surface area contributed by atoms with Crippen LogP contribution in [-0.2, 0) is 18.4 Å². The molecule has 1 N–H and O–H groups in total. The maximum absolute atomic E-state index is 4.95. The van der Waals surface area contributed by atoms with Crippen molar-refractivity contribution in [1.29, 1.82) is 0 Å². The molecule has 2 nitrogen and oxygen atoms in total. The Labute approximate surface area is 132 Å². The first-order chi connectivity index (χ1) is 9.91. The molecule has 0 aliphatic rings. The maximum Gasteiger partial charge on any atom is 0.0975 e. The number of aryl methyl sites for hydroxylation is 1. The van der Waals surface area contributed by atoms with Gasteiger partial charge in [-0.1, -0.05) is 52.0 Å². The van der Waals surface area contributed by atoms with Crippen molar-refractivity contribution in [2.45, 2.75) is 53.0 Å². The lowest BCUT2D eigenvalue weighted by molar-refractivity contribution is 0.559. The van der Waals surface area contributed by atoms with E-state index < -0.39 is 0 Å². The summed E-state index contributed by atoms with van der Waals surface area (Å²) >= 11 is 1.86. The Balaban J connectivity index is 2.29. The molecule has 0 aliphatic heterocycles. The number of rotatable bonds is 5. The van der Waals surface area contributed by atoms with Gasteiger partial charge in [-0.15, -0.1) is 11.3 Å². The van der Waals surface area contributed by atoms with Crippen LogP contribution < -0.4 is 5.32 Å². The standard InChI is InChI=1S/C18H26N2S/c1-6-19-12-15-17(18(3,4)5)20-16(21-15)11-14-10-8-7-9-13(14)2/h7-10,19H,6,11-12H2,1-5H3. The highest BCUT2D eigenvalue weighted by atomic mass is 32.1. The summed E-state index contributed by atoms with van der Waals surface area (Å²) in [7, 11) is 0. The van der Waals surface area contributed by atoms with Gasteiger partial charge in [0.1, 0.15) is 0 Å². The fraction of sp³-hybridized carbons (Fsp3) is 0.500. The zero-order valence-electron chi connectivity index (χ0n) is 13.8. The van der Waals surface area contributed by atoms with Crippen LogP contribution in [0.5, 0.6) is 0 Å². The van der Waals surface area contributed by atoms with E-state index in [9.17, 15) is 0 Å². The van der Waals surface area contributed by atoms with Gasteiger partial charge in [-0.25, -0.2) is 4.98 Å². The predicted octanol–water partition coefficient (Wildman–Crippen LogP) is 4.45. The van der Waals surface area contributed by atoms with Crippen LogP contribution in [0.15, 0.2) is 24.3 Å². The third-order valence-electron chi connectivity index (χ3n) is 3.59. The van der Waals surface area contributed by atoms with Gasteiger partial charge in [0.25, 0.3) is 0 Å². The van der Waals surface area contributed by atoms with Crippen LogP contribution in [0.3, 0.4) is 0 Å². The largest absolute Gasteiger partial charge is 0.312 e. The van der Waals surface area contributed by atoms with Crippen LogP contribution >= 0.6 is 11.3 Å². The molecule has 1 heterocycles. The lowest BCUT2D eigenvalue weighted by atomic mass is 9.91. The van der Waals surface area contributed by atoms with E-state index in [1.54, 1.807) is 0 Å². The minimum atomic E-state index is 0.102. The second kappa shape index (κ2) is 6.71. The molecule has 0 aliphatic carbocycles. The molecule has 1 aromatic carbocycles. The van der Waals surface area contributed by atoms with Crippen molar-refractivity contribution in [2.75, 3.05) is 6.54 Å². The number of thiazole rings is 1. The van der Waals surface area contributed by atoms with E-state index in [1.165, 1.54) is 26.7 Å². The summed E-state index contributed by atoms with van der Waals surface area (Å²) in [6.45, 7) is 13.0. The SMILES string of the molecule is CCNCc1sc(Cc2ccccc2C)nc1C(C)(C)C. The Hall–Kier alpha value is -1.19. The van der Waals surface area contributed by atoms with Crippen molar-refractivity contribution in [3.63, 3.8) is 0 Å². The number of hydrogen-bond acceptors (Lipinski definition) is 3. The van der Waals surface area contributed by atoms with Crippen LogP contribution in [0.25, 0.3) is 0 Å². The quantitative estimate of drug-likeness (QED) is 0.882. The van der Waals surface area contributed by atoms with Gasteiger partial charge in [0.15, 0.2) is 0 Å². The topological polar surface area (TPSA) is 24.9 Å². The third-order valence-corrected chi connectivity index (χ3v) is 4.65. The highest BCUT2D eigenvalue weighted by molar-refractivity contribution is 7.11. The van der Waals surface area contributed by atoms with E-state index >= 15 is 0 Å². The van der Waals surface area contributed by atoms with Crippen LogP contribution in [0.1, 0.15) is 54.4 Å². The number of nitrogens with zero attached hydrogens (tertiary/aromatic N) is 1. The average Bonchev–Trinajstić information content (AvgIpc) is 2.82. The summed E-state index contributed by atoms with van der Waals surface area (Å²) in [5.74, 6) is 0. The van der Waals surface area contributed by atoms with Crippen molar-refractivity contribution in [1.82, 2.24) is 10.3 Å². The monoisotopic (exact) mass is 302 g/mol. The first kappa shape index (κ1) is 16.2. The van der Waals surface area contributed by atoms with Gasteiger partial charge >= 0.3 is 0 Å². The molecule has 0 spiro atoms. The van der Waals surface area contributed by atoms with Crippen molar-refractivity contribution in [3.05, 3.63) is 51.0 Å². The Morgan fingerprint density at radius 2 is 1.90 bits per heavy atom. The molecule has 114 valence electrons. The molecule has 0 unspecified atom stereocenters. The smallest absolute Gasteiger partial charge is 0.0975 e. The van der Waals surface area contributed by atoms with Gasteiger partial charge in [-0.2, -0.15) is 0 Å². The van der Waals surface area contributed by atoms with Crippen LogP contribution in [0.2, 0.25) is 0 Å². The molecular formula is C18H26N2S. The summed E-state index contributed by atoms with van der Waals surface area (Å²) in [6.07, 6.45) is 0.937. The van der Waals surface area contributed by atoms with Crippen LogP contribution in [0, 0.1) is 6.92 Å². The molecule has 0 fully saturated rings. The zero-order valence-corrected chi connectivity index (χ0v) is 14.6. The van der Waals surface area contributed by atoms with Crippen LogP contribution in [-0.4, -0.2) is 11.5 Å². The molecule has 2 aromatic rings. The van der Waals surface area contributed by atoms with Crippen LogP contribution in [0.4, 0.5) is 0 Å². The van der Waals surface area contributed by atoms with E-state index in [0.29, 0.717) is 0 Å². The molecule has 3 heteroatoms. The average molecular weight is 302 g/mol. The minimum Gasteiger partial charge on any atom is -0.312 e. The van der Waals surface area contributed by atoms with Gasteiger partial charge in [-0.3, -0.25) is 0 Å². The van der Waals surface area contributed by atoms with Gasteiger partial charge < -0.3 is 5.32 Å². The minimum absolute atomic E-state index is 0.102. The Kier molecular flexibility index (Phi) is 5.17. The summed E-state index contributed by atoms with van der Waals surface area (Å²) in [4.78, 5) is 6.33. The van der Waals surface area contributed by atoms with Gasteiger partial charge in [0.05, 0.1) is 10.7 Å². The predicted molar refractivity (Wildman–Crippen MR) is 92.2 cm³/mol. The van der Waals surface area contributed by atoms with Gasteiger partial charge in [-0.05, 0) is 24.6 Å². The molecule has 0 saturated carbocycles. The van der Waals surface area contributed by atoms with Crippen molar-refractivity contribution < 1.29 is 0 Å². The number of benzene rings is 1. The molecule has 0 amide bonds. The lowest BCUT2D eigenvalue weighted by Gasteiger charge is -2.17. The fourth-order valence-corrected chi connectivity index (χ4v) is 3.66. The molecule has 1 aromatic heterocycles. The Morgan fingerprint density at radius 1 is 1.19 bits per heavy atom. The van der Waals surface area contributed by atoms with E-state index in [2.05, 4.69) is 64.2 Å². The zero-order chi connectivity index (χ0) is 15.5. The second-order valence-electron chi connectivity index (χ2n) is 6.51. The molecule has 0 saturated heterocycles. The first-order valence-corrected chi connectivity index (χ1v) is 8.47. The third kappa shape index (κ3) is 4.14. The van der Waals surface area contributed by atoms with Gasteiger partial charge in [0, 0.05) is 23.3 Å². The van der Waals surface area contributed by atoms with E-state index in [0.717, 1.165) is 19.5 Å². The molecule has 21 heavy (non-hydrogen) atoms. The number of hydrogen-bond donors (Lipinski definition) is 1. The van der Waals surface area contributed by atoms with E-state index in [1.807, 2.05) is 11.3 Å². The summed E-state index contributed by atoms with van der Waals surface area (Å²) in [5, 5.41) is 4.66. The highest BCUT2D eigenvalue weighted by Gasteiger charge is 2.23. The number of aromatic nitrogens is 1. The van der Waals surface area contributed by atoms with E-state index in [4.69, 9.17) is 4.98 Å². The lowest BCUT2D eigenvalue weighted by Crippen LogP contribution is -2.18. The molecule has 0 atom stereocenters. The normalized spacial score (nSPS) is 11.9. The van der Waals surface area contributed by atoms with Crippen molar-refractivity contribution >= 4 is 11.3 Å². The molecular weight excluding hydrogens is 276 g/mol. The molecule has 0 radical (unpaired) electrons. The first-order valence-electron chi connectivity index (χ1n) is 7.66. The maximum atomic E-state index is 4.95. The molecule has 2 rings (SSSR count). The fourth-order valence-electron chi connectivity index (χ4n) is 2.39. The summed E-state index contributed by atoms with van der Waals surface area (Å²) in [6, 6.07) is 8.59. The second-order valence-corrected chi connectivity index (χ2v) is 7.68. The van der Waals surface area contributed by atoms with Gasteiger partial charge in [0.2, 0.25) is 0 Å². The number of nitrogens with one attached hydrogen (secondary N) is 1.